The molecule has 0 radical (unpaired) electrons. The monoisotopic (exact) mass is 217 g/mol. The van der Waals surface area contributed by atoms with Crippen LogP contribution in [0.25, 0.3) is 11.3 Å². The summed E-state index contributed by atoms with van der Waals surface area (Å²) in [4.78, 5) is 4.53. The smallest absolute Gasteiger partial charge is 0.0901 e. The van der Waals surface area contributed by atoms with Crippen LogP contribution in [-0.4, -0.2) is 4.98 Å². The maximum atomic E-state index is 4.53. The van der Waals surface area contributed by atoms with Crippen LogP contribution in [0.15, 0.2) is 17.5 Å². The SMILES string of the molecule is Cc1nc(-c2ccc(C)c(C)c2C)cs1. The van der Waals surface area contributed by atoms with Crippen LogP contribution in [0.1, 0.15) is 21.7 Å². The highest BCUT2D eigenvalue weighted by atomic mass is 32.1. The van der Waals surface area contributed by atoms with Crippen LogP contribution in [0.3, 0.4) is 0 Å². The Morgan fingerprint density at radius 2 is 1.73 bits per heavy atom. The summed E-state index contributed by atoms with van der Waals surface area (Å²) < 4.78 is 0. The highest BCUT2D eigenvalue weighted by Crippen LogP contribution is 2.28. The predicted molar refractivity (Wildman–Crippen MR) is 66.5 cm³/mol. The van der Waals surface area contributed by atoms with Crippen molar-refractivity contribution in [3.05, 3.63) is 39.2 Å². The van der Waals surface area contributed by atoms with Gasteiger partial charge in [0.05, 0.1) is 10.7 Å². The van der Waals surface area contributed by atoms with Crippen molar-refractivity contribution in [3.63, 3.8) is 0 Å². The second-order valence-corrected chi connectivity index (χ2v) is 4.99. The van der Waals surface area contributed by atoms with Gasteiger partial charge in [-0.2, -0.15) is 0 Å². The Morgan fingerprint density at radius 3 is 2.33 bits per heavy atom. The average molecular weight is 217 g/mol. The molecule has 0 atom stereocenters. The molecule has 1 aromatic heterocycles. The van der Waals surface area contributed by atoms with E-state index in [-0.39, 0.29) is 0 Å². The number of aryl methyl sites for hydroxylation is 2. The third-order valence-electron chi connectivity index (χ3n) is 2.95. The Bertz CT molecular complexity index is 497. The normalized spacial score (nSPS) is 10.7. The number of hydrogen-bond donors (Lipinski definition) is 0. The Balaban J connectivity index is 2.59. The first-order valence-corrected chi connectivity index (χ1v) is 5.97. The highest BCUT2D eigenvalue weighted by Gasteiger charge is 2.08. The first-order chi connectivity index (χ1) is 7.09. The largest absolute Gasteiger partial charge is 0.242 e. The molecule has 0 bridgehead atoms. The van der Waals surface area contributed by atoms with Crippen molar-refractivity contribution in [1.29, 1.82) is 0 Å². The van der Waals surface area contributed by atoms with E-state index in [0.717, 1.165) is 10.7 Å². The average Bonchev–Trinajstić information content (AvgIpc) is 2.61. The summed E-state index contributed by atoms with van der Waals surface area (Å²) in [7, 11) is 0. The molecule has 0 N–H and O–H groups in total. The lowest BCUT2D eigenvalue weighted by molar-refractivity contribution is 1.24. The van der Waals surface area contributed by atoms with Gasteiger partial charge in [-0.25, -0.2) is 4.98 Å². The fraction of sp³-hybridized carbons (Fsp3) is 0.308. The van der Waals surface area contributed by atoms with E-state index in [9.17, 15) is 0 Å². The van der Waals surface area contributed by atoms with Gasteiger partial charge in [0.15, 0.2) is 0 Å². The van der Waals surface area contributed by atoms with E-state index in [4.69, 9.17) is 0 Å². The van der Waals surface area contributed by atoms with E-state index in [1.165, 1.54) is 22.3 Å². The lowest BCUT2D eigenvalue weighted by Gasteiger charge is -2.08. The number of thiazole rings is 1. The Hall–Kier alpha value is -1.15. The van der Waals surface area contributed by atoms with Crippen molar-refractivity contribution in [2.45, 2.75) is 27.7 Å². The van der Waals surface area contributed by atoms with E-state index in [0.29, 0.717) is 0 Å². The number of rotatable bonds is 1. The summed E-state index contributed by atoms with van der Waals surface area (Å²) in [5, 5.41) is 3.26. The van der Waals surface area contributed by atoms with Gasteiger partial charge in [-0.3, -0.25) is 0 Å². The third kappa shape index (κ3) is 1.82. The van der Waals surface area contributed by atoms with Crippen molar-refractivity contribution in [1.82, 2.24) is 4.98 Å². The topological polar surface area (TPSA) is 12.9 Å². The van der Waals surface area contributed by atoms with E-state index in [1.807, 2.05) is 6.92 Å². The van der Waals surface area contributed by atoms with Gasteiger partial charge in [0.1, 0.15) is 0 Å². The molecule has 0 amide bonds. The fourth-order valence-electron chi connectivity index (χ4n) is 1.72. The molecule has 2 heteroatoms. The Morgan fingerprint density at radius 1 is 1.00 bits per heavy atom. The molecule has 2 aromatic rings. The molecule has 0 aliphatic carbocycles. The zero-order valence-electron chi connectivity index (χ0n) is 9.59. The minimum Gasteiger partial charge on any atom is -0.242 e. The molecule has 15 heavy (non-hydrogen) atoms. The standard InChI is InChI=1S/C13H15NS/c1-8-5-6-12(10(3)9(8)2)13-7-15-11(4)14-13/h5-7H,1-4H3. The zero-order valence-corrected chi connectivity index (χ0v) is 10.4. The summed E-state index contributed by atoms with van der Waals surface area (Å²) in [6.07, 6.45) is 0. The van der Waals surface area contributed by atoms with Gasteiger partial charge in [-0.1, -0.05) is 12.1 Å². The fourth-order valence-corrected chi connectivity index (χ4v) is 2.33. The van der Waals surface area contributed by atoms with Gasteiger partial charge in [-0.15, -0.1) is 11.3 Å². The highest BCUT2D eigenvalue weighted by molar-refractivity contribution is 7.09. The zero-order chi connectivity index (χ0) is 11.0. The molecule has 0 saturated heterocycles. The maximum absolute atomic E-state index is 4.53. The number of nitrogens with zero attached hydrogens (tertiary/aromatic N) is 1. The molecule has 0 fully saturated rings. The molecule has 1 heterocycles. The van der Waals surface area contributed by atoms with Crippen molar-refractivity contribution < 1.29 is 0 Å². The molecule has 1 aromatic carbocycles. The molecular formula is C13H15NS. The summed E-state index contributed by atoms with van der Waals surface area (Å²) >= 11 is 1.71. The maximum Gasteiger partial charge on any atom is 0.0901 e. The number of benzene rings is 1. The lowest BCUT2D eigenvalue weighted by atomic mass is 9.97. The van der Waals surface area contributed by atoms with Crippen LogP contribution < -0.4 is 0 Å². The van der Waals surface area contributed by atoms with Crippen LogP contribution in [0.5, 0.6) is 0 Å². The van der Waals surface area contributed by atoms with E-state index in [2.05, 4.69) is 43.3 Å². The van der Waals surface area contributed by atoms with Crippen molar-refractivity contribution in [2.24, 2.45) is 0 Å². The van der Waals surface area contributed by atoms with Gasteiger partial charge >= 0.3 is 0 Å². The van der Waals surface area contributed by atoms with Gasteiger partial charge in [0.2, 0.25) is 0 Å². The second kappa shape index (κ2) is 3.78. The number of aromatic nitrogens is 1. The van der Waals surface area contributed by atoms with E-state index in [1.54, 1.807) is 11.3 Å². The molecule has 0 unspecified atom stereocenters. The van der Waals surface area contributed by atoms with Gasteiger partial charge < -0.3 is 0 Å². The molecule has 0 saturated carbocycles. The number of hydrogen-bond acceptors (Lipinski definition) is 2. The third-order valence-corrected chi connectivity index (χ3v) is 3.73. The minimum absolute atomic E-state index is 1.11. The molecule has 2 rings (SSSR count). The lowest BCUT2D eigenvalue weighted by Crippen LogP contribution is -1.90. The van der Waals surface area contributed by atoms with Gasteiger partial charge in [-0.05, 0) is 44.4 Å². The van der Waals surface area contributed by atoms with Crippen molar-refractivity contribution >= 4 is 11.3 Å². The van der Waals surface area contributed by atoms with Crippen LogP contribution in [0.4, 0.5) is 0 Å². The Labute approximate surface area is 94.8 Å². The van der Waals surface area contributed by atoms with Gasteiger partial charge in [0, 0.05) is 10.9 Å². The van der Waals surface area contributed by atoms with Crippen LogP contribution in [0.2, 0.25) is 0 Å². The molecule has 0 aliphatic rings. The van der Waals surface area contributed by atoms with Gasteiger partial charge in [0.25, 0.3) is 0 Å². The molecular weight excluding hydrogens is 202 g/mol. The molecule has 0 spiro atoms. The first kappa shape index (κ1) is 10.4. The van der Waals surface area contributed by atoms with Crippen molar-refractivity contribution in [2.75, 3.05) is 0 Å². The molecule has 78 valence electrons. The van der Waals surface area contributed by atoms with Crippen LogP contribution >= 0.6 is 11.3 Å². The minimum atomic E-state index is 1.11. The summed E-state index contributed by atoms with van der Waals surface area (Å²) in [5.41, 5.74) is 6.45. The quantitative estimate of drug-likeness (QED) is 0.702. The molecule has 0 aliphatic heterocycles. The van der Waals surface area contributed by atoms with E-state index < -0.39 is 0 Å². The summed E-state index contributed by atoms with van der Waals surface area (Å²) in [6, 6.07) is 4.35. The predicted octanol–water partition coefficient (Wildman–Crippen LogP) is 4.04. The first-order valence-electron chi connectivity index (χ1n) is 5.09. The van der Waals surface area contributed by atoms with Crippen LogP contribution in [-0.2, 0) is 0 Å². The Kier molecular flexibility index (Phi) is 2.61. The second-order valence-electron chi connectivity index (χ2n) is 3.93. The van der Waals surface area contributed by atoms with Crippen molar-refractivity contribution in [3.8, 4) is 11.3 Å². The molecule has 1 nitrogen and oxygen atoms in total. The van der Waals surface area contributed by atoms with E-state index >= 15 is 0 Å². The summed E-state index contributed by atoms with van der Waals surface area (Å²) in [5.74, 6) is 0. The van der Waals surface area contributed by atoms with Crippen LogP contribution in [0, 0.1) is 27.7 Å². The summed E-state index contributed by atoms with van der Waals surface area (Å²) in [6.45, 7) is 8.54.